The minimum Gasteiger partial charge on any atom is -0.297 e. The van der Waals surface area contributed by atoms with Crippen molar-refractivity contribution in [3.05, 3.63) is 0 Å². The minimum atomic E-state index is 0.970. The molecule has 0 N–H and O–H groups in total. The molecular formula is C6H13N2. The molecular weight excluding hydrogens is 100 g/mol. The van der Waals surface area contributed by atoms with Gasteiger partial charge in [-0.25, -0.2) is 0 Å². The van der Waals surface area contributed by atoms with Gasteiger partial charge in [0.05, 0.1) is 6.21 Å². The van der Waals surface area contributed by atoms with Crippen LogP contribution >= 0.6 is 0 Å². The van der Waals surface area contributed by atoms with E-state index in [-0.39, 0.29) is 0 Å². The van der Waals surface area contributed by atoms with Crippen LogP contribution in [0, 0.1) is 0 Å². The predicted octanol–water partition coefficient (Wildman–Crippen LogP) is 1.21. The predicted molar refractivity (Wildman–Crippen MR) is 36.0 cm³/mol. The first kappa shape index (κ1) is 7.47. The minimum absolute atomic E-state index is 0.970. The monoisotopic (exact) mass is 113 g/mol. The van der Waals surface area contributed by atoms with E-state index >= 15 is 0 Å². The molecule has 0 bridgehead atoms. The third kappa shape index (κ3) is 2.61. The van der Waals surface area contributed by atoms with Crippen molar-refractivity contribution in [1.29, 1.82) is 0 Å². The Labute approximate surface area is 51.2 Å². The molecule has 0 aliphatic rings. The number of rotatable bonds is 3. The molecule has 0 atom stereocenters. The van der Waals surface area contributed by atoms with Gasteiger partial charge in [-0.3, -0.25) is 5.01 Å². The molecule has 0 saturated carbocycles. The van der Waals surface area contributed by atoms with Gasteiger partial charge in [-0.05, 0) is 20.8 Å². The Bertz CT molecular complexity index is 64.9. The zero-order chi connectivity index (χ0) is 6.41. The van der Waals surface area contributed by atoms with E-state index in [1.807, 2.05) is 5.01 Å². The fourth-order valence-corrected chi connectivity index (χ4v) is 0.506. The van der Waals surface area contributed by atoms with Crippen molar-refractivity contribution in [2.45, 2.75) is 20.8 Å². The average Bonchev–Trinajstić information content (AvgIpc) is 1.83. The maximum Gasteiger partial charge on any atom is 0.0803 e. The van der Waals surface area contributed by atoms with E-state index in [0.717, 1.165) is 13.1 Å². The van der Waals surface area contributed by atoms with E-state index in [0.29, 0.717) is 0 Å². The highest BCUT2D eigenvalue weighted by atomic mass is 15.4. The highest BCUT2D eigenvalue weighted by Crippen LogP contribution is 1.83. The van der Waals surface area contributed by atoms with E-state index in [1.165, 1.54) is 0 Å². The summed E-state index contributed by atoms with van der Waals surface area (Å²) in [7, 11) is 0. The largest absolute Gasteiger partial charge is 0.297 e. The van der Waals surface area contributed by atoms with Crippen molar-refractivity contribution in [1.82, 2.24) is 5.01 Å². The Balaban J connectivity index is 3.36. The summed E-state index contributed by atoms with van der Waals surface area (Å²) in [6, 6.07) is 0. The normalized spacial score (nSPS) is 10.4. The van der Waals surface area contributed by atoms with E-state index in [9.17, 15) is 0 Å². The van der Waals surface area contributed by atoms with Crippen LogP contribution in [0.2, 0.25) is 0 Å². The summed E-state index contributed by atoms with van der Waals surface area (Å²) in [6.45, 7) is 7.89. The van der Waals surface area contributed by atoms with Gasteiger partial charge in [-0.15, -0.1) is 0 Å². The van der Waals surface area contributed by atoms with Crippen molar-refractivity contribution < 1.29 is 0 Å². The van der Waals surface area contributed by atoms with Crippen LogP contribution in [0.3, 0.4) is 0 Å². The second-order valence-corrected chi connectivity index (χ2v) is 1.46. The molecule has 0 aromatic rings. The van der Waals surface area contributed by atoms with Crippen LogP contribution in [0.15, 0.2) is 5.10 Å². The molecule has 1 radical (unpaired) electrons. The molecule has 0 aromatic heterocycles. The summed E-state index contributed by atoms with van der Waals surface area (Å²) in [5.74, 6) is 0. The summed E-state index contributed by atoms with van der Waals surface area (Å²) >= 11 is 0. The molecule has 0 unspecified atom stereocenters. The van der Waals surface area contributed by atoms with E-state index < -0.39 is 0 Å². The van der Waals surface area contributed by atoms with Crippen LogP contribution in [0.5, 0.6) is 0 Å². The maximum atomic E-state index is 3.94. The van der Waals surface area contributed by atoms with E-state index in [1.54, 1.807) is 6.92 Å². The van der Waals surface area contributed by atoms with Gasteiger partial charge in [-0.2, -0.15) is 5.10 Å². The molecule has 8 heavy (non-hydrogen) atoms. The van der Waals surface area contributed by atoms with Crippen LogP contribution in [0.1, 0.15) is 20.8 Å². The van der Waals surface area contributed by atoms with Crippen molar-refractivity contribution in [3.8, 4) is 0 Å². The smallest absolute Gasteiger partial charge is 0.0803 e. The fourth-order valence-electron chi connectivity index (χ4n) is 0.506. The van der Waals surface area contributed by atoms with Gasteiger partial charge in [0.15, 0.2) is 0 Å². The Hall–Kier alpha value is -0.530. The van der Waals surface area contributed by atoms with Crippen LogP contribution in [0.4, 0.5) is 0 Å². The molecule has 2 nitrogen and oxygen atoms in total. The van der Waals surface area contributed by atoms with Crippen molar-refractivity contribution >= 4 is 6.21 Å². The summed E-state index contributed by atoms with van der Waals surface area (Å²) in [4.78, 5) is 0. The van der Waals surface area contributed by atoms with E-state index in [2.05, 4.69) is 25.2 Å². The summed E-state index contributed by atoms with van der Waals surface area (Å²) < 4.78 is 0. The molecule has 0 spiro atoms. The first-order valence-electron chi connectivity index (χ1n) is 2.97. The van der Waals surface area contributed by atoms with Crippen LogP contribution < -0.4 is 0 Å². The first-order chi connectivity index (χ1) is 3.85. The van der Waals surface area contributed by atoms with Gasteiger partial charge in [0.1, 0.15) is 0 Å². The number of nitrogens with zero attached hydrogens (tertiary/aromatic N) is 2. The van der Waals surface area contributed by atoms with Crippen molar-refractivity contribution in [2.75, 3.05) is 13.1 Å². The topological polar surface area (TPSA) is 15.6 Å². The Morgan fingerprint density at radius 1 is 1.38 bits per heavy atom. The van der Waals surface area contributed by atoms with Crippen LogP contribution in [-0.4, -0.2) is 24.3 Å². The third-order valence-corrected chi connectivity index (χ3v) is 0.971. The lowest BCUT2D eigenvalue weighted by Gasteiger charge is -2.11. The second kappa shape index (κ2) is 4.62. The molecule has 0 aliphatic carbocycles. The van der Waals surface area contributed by atoms with Crippen molar-refractivity contribution in [3.63, 3.8) is 0 Å². The quantitative estimate of drug-likeness (QED) is 0.397. The molecule has 2 heteroatoms. The summed E-state index contributed by atoms with van der Waals surface area (Å²) in [5.41, 5.74) is 0. The highest BCUT2D eigenvalue weighted by Gasteiger charge is 1.86. The molecule has 0 fully saturated rings. The zero-order valence-corrected chi connectivity index (χ0v) is 5.81. The molecule has 0 aromatic carbocycles. The third-order valence-electron chi connectivity index (χ3n) is 0.971. The molecule has 47 valence electrons. The molecule has 0 saturated heterocycles. The lowest BCUT2D eigenvalue weighted by molar-refractivity contribution is 0.323. The summed E-state index contributed by atoms with van der Waals surface area (Å²) in [6.07, 6.45) is 2.72. The Morgan fingerprint density at radius 2 is 1.88 bits per heavy atom. The van der Waals surface area contributed by atoms with Gasteiger partial charge in [0, 0.05) is 13.1 Å². The maximum absolute atomic E-state index is 3.94. The first-order valence-corrected chi connectivity index (χ1v) is 2.97. The van der Waals surface area contributed by atoms with Gasteiger partial charge in [-0.1, -0.05) is 0 Å². The van der Waals surface area contributed by atoms with Crippen LogP contribution in [-0.2, 0) is 0 Å². The number of hydrogen-bond donors (Lipinski definition) is 0. The Kier molecular flexibility index (Phi) is 4.32. The average molecular weight is 113 g/mol. The van der Waals surface area contributed by atoms with E-state index in [4.69, 9.17) is 0 Å². The van der Waals surface area contributed by atoms with Gasteiger partial charge in [0.25, 0.3) is 0 Å². The zero-order valence-electron chi connectivity index (χ0n) is 5.81. The standard InChI is InChI=1S/C6H13N2/c1-4-7-8(5-2)6-3/h5-6H2,1-3H3. The highest BCUT2D eigenvalue weighted by molar-refractivity contribution is 5.52. The molecule has 0 heterocycles. The summed E-state index contributed by atoms with van der Waals surface area (Å²) in [5, 5.41) is 5.89. The van der Waals surface area contributed by atoms with Crippen LogP contribution in [0.25, 0.3) is 0 Å². The second-order valence-electron chi connectivity index (χ2n) is 1.46. The van der Waals surface area contributed by atoms with Gasteiger partial charge < -0.3 is 0 Å². The van der Waals surface area contributed by atoms with Gasteiger partial charge >= 0.3 is 0 Å². The lowest BCUT2D eigenvalue weighted by Crippen LogP contribution is -2.15. The molecule has 0 amide bonds. The fraction of sp³-hybridized carbons (Fsp3) is 0.833. The van der Waals surface area contributed by atoms with Gasteiger partial charge in [0.2, 0.25) is 0 Å². The Morgan fingerprint density at radius 3 is 2.00 bits per heavy atom. The van der Waals surface area contributed by atoms with Crippen molar-refractivity contribution in [2.24, 2.45) is 5.10 Å². The molecule has 0 aliphatic heterocycles. The lowest BCUT2D eigenvalue weighted by atomic mass is 10.6. The number of hydrazone groups is 1. The molecule has 0 rings (SSSR count). The SMILES string of the molecule is C/[C]=N\N(CC)CC. The number of hydrogen-bond acceptors (Lipinski definition) is 2.